The number of hydrogen-bond donors (Lipinski definition) is 0. The number of esters is 1. The number of ether oxygens (including phenoxy) is 2. The van der Waals surface area contributed by atoms with E-state index in [0.717, 1.165) is 4.31 Å². The van der Waals surface area contributed by atoms with Crippen LogP contribution < -0.4 is 9.04 Å². The molecule has 0 amide bonds. The number of carbonyl (C=O) groups is 1. The van der Waals surface area contributed by atoms with Crippen LogP contribution in [-0.2, 0) is 19.6 Å². The van der Waals surface area contributed by atoms with Crippen molar-refractivity contribution in [2.45, 2.75) is 4.90 Å². The van der Waals surface area contributed by atoms with Gasteiger partial charge in [-0.25, -0.2) is 8.42 Å². The lowest BCUT2D eigenvalue weighted by Crippen LogP contribution is -2.36. The van der Waals surface area contributed by atoms with Gasteiger partial charge in [0.15, 0.2) is 0 Å². The van der Waals surface area contributed by atoms with E-state index in [-0.39, 0.29) is 15.6 Å². The Bertz CT molecular complexity index is 821. The molecule has 24 heavy (non-hydrogen) atoms. The van der Waals surface area contributed by atoms with Crippen LogP contribution in [0.4, 0.5) is 5.69 Å². The highest BCUT2D eigenvalue weighted by molar-refractivity contribution is 7.92. The zero-order valence-corrected chi connectivity index (χ0v) is 14.7. The van der Waals surface area contributed by atoms with Gasteiger partial charge < -0.3 is 9.47 Å². The molecule has 0 heterocycles. The van der Waals surface area contributed by atoms with Crippen molar-refractivity contribution in [2.24, 2.45) is 0 Å². The van der Waals surface area contributed by atoms with Crippen molar-refractivity contribution in [3.05, 3.63) is 53.6 Å². The first-order valence-electron chi connectivity index (χ1n) is 6.88. The number of methoxy groups -OCH3 is 2. The second-order valence-corrected chi connectivity index (χ2v) is 6.98. The Balaban J connectivity index is 2.52. The lowest BCUT2D eigenvalue weighted by Gasteiger charge is -2.24. The first-order valence-corrected chi connectivity index (χ1v) is 8.70. The number of rotatable bonds is 6. The molecule has 0 atom stereocenters. The molecule has 0 aromatic heterocycles. The van der Waals surface area contributed by atoms with Gasteiger partial charge >= 0.3 is 5.97 Å². The molecule has 0 N–H and O–H groups in total. The molecule has 0 unspecified atom stereocenters. The van der Waals surface area contributed by atoms with E-state index in [9.17, 15) is 13.2 Å². The van der Waals surface area contributed by atoms with Crippen molar-refractivity contribution in [3.63, 3.8) is 0 Å². The molecular weight excluding hydrogens is 354 g/mol. The van der Waals surface area contributed by atoms with Crippen LogP contribution >= 0.6 is 11.6 Å². The highest BCUT2D eigenvalue weighted by Crippen LogP contribution is 2.30. The number of sulfonamides is 1. The van der Waals surface area contributed by atoms with Gasteiger partial charge in [0.25, 0.3) is 10.0 Å². The average Bonchev–Trinajstić information content (AvgIpc) is 2.60. The highest BCUT2D eigenvalue weighted by Gasteiger charge is 2.28. The molecule has 128 valence electrons. The molecule has 0 saturated heterocycles. The van der Waals surface area contributed by atoms with E-state index < -0.39 is 22.5 Å². The number of para-hydroxylation sites is 1. The van der Waals surface area contributed by atoms with Crippen molar-refractivity contribution < 1.29 is 22.7 Å². The van der Waals surface area contributed by atoms with Crippen molar-refractivity contribution in [2.75, 3.05) is 25.1 Å². The van der Waals surface area contributed by atoms with Crippen molar-refractivity contribution in [1.82, 2.24) is 0 Å². The van der Waals surface area contributed by atoms with Crippen LogP contribution in [0.1, 0.15) is 0 Å². The largest absolute Gasteiger partial charge is 0.497 e. The van der Waals surface area contributed by atoms with E-state index in [1.165, 1.54) is 44.6 Å². The summed E-state index contributed by atoms with van der Waals surface area (Å²) in [6.45, 7) is -0.491. The minimum atomic E-state index is -4.01. The summed E-state index contributed by atoms with van der Waals surface area (Å²) in [5.41, 5.74) is 0.195. The lowest BCUT2D eigenvalue weighted by atomic mass is 10.3. The predicted molar refractivity (Wildman–Crippen MR) is 91.0 cm³/mol. The number of hydrogen-bond acceptors (Lipinski definition) is 5. The van der Waals surface area contributed by atoms with Crippen molar-refractivity contribution in [1.29, 1.82) is 0 Å². The fourth-order valence-electron chi connectivity index (χ4n) is 2.01. The lowest BCUT2D eigenvalue weighted by molar-refractivity contribution is -0.138. The van der Waals surface area contributed by atoms with Crippen molar-refractivity contribution >= 4 is 33.3 Å². The quantitative estimate of drug-likeness (QED) is 0.732. The Kier molecular flexibility index (Phi) is 5.69. The number of anilines is 1. The van der Waals surface area contributed by atoms with E-state index >= 15 is 0 Å². The summed E-state index contributed by atoms with van der Waals surface area (Å²) in [6.07, 6.45) is 0. The molecule has 8 heteroatoms. The van der Waals surface area contributed by atoms with Gasteiger partial charge in [0.2, 0.25) is 0 Å². The van der Waals surface area contributed by atoms with E-state index in [1.54, 1.807) is 18.2 Å². The molecule has 0 aliphatic heterocycles. The monoisotopic (exact) mass is 369 g/mol. The average molecular weight is 370 g/mol. The Hall–Kier alpha value is -2.25. The van der Waals surface area contributed by atoms with Crippen LogP contribution in [0.3, 0.4) is 0 Å². The zero-order valence-electron chi connectivity index (χ0n) is 13.1. The van der Waals surface area contributed by atoms with Crippen LogP contribution in [0.5, 0.6) is 5.75 Å². The maximum absolute atomic E-state index is 13.0. The molecular formula is C16H16ClNO5S. The fourth-order valence-corrected chi connectivity index (χ4v) is 3.73. The van der Waals surface area contributed by atoms with E-state index in [2.05, 4.69) is 4.74 Å². The Morgan fingerprint density at radius 1 is 1.08 bits per heavy atom. The summed E-state index contributed by atoms with van der Waals surface area (Å²) in [4.78, 5) is 11.7. The van der Waals surface area contributed by atoms with Gasteiger partial charge in [0.05, 0.1) is 29.8 Å². The summed E-state index contributed by atoms with van der Waals surface area (Å²) in [7, 11) is -1.34. The van der Waals surface area contributed by atoms with Gasteiger partial charge in [0.1, 0.15) is 12.3 Å². The van der Waals surface area contributed by atoms with Gasteiger partial charge in [-0.3, -0.25) is 9.10 Å². The second kappa shape index (κ2) is 7.55. The van der Waals surface area contributed by atoms with Crippen LogP contribution in [0.2, 0.25) is 5.02 Å². The first-order chi connectivity index (χ1) is 11.4. The smallest absolute Gasteiger partial charge is 0.326 e. The van der Waals surface area contributed by atoms with Gasteiger partial charge in [-0.05, 0) is 36.4 Å². The number of halogens is 1. The molecule has 2 aromatic rings. The molecule has 0 fully saturated rings. The van der Waals surface area contributed by atoms with Gasteiger partial charge in [-0.2, -0.15) is 0 Å². The standard InChI is InChI=1S/C16H16ClNO5S/c1-22-12-7-9-13(10-8-12)24(20,21)18(11-16(19)23-2)15-6-4-3-5-14(15)17/h3-10H,11H2,1-2H3. The molecule has 6 nitrogen and oxygen atoms in total. The van der Waals surface area contributed by atoms with Crippen LogP contribution in [0.25, 0.3) is 0 Å². The molecule has 0 aliphatic rings. The summed E-state index contributed by atoms with van der Waals surface area (Å²) in [5, 5.41) is 0.207. The van der Waals surface area contributed by atoms with E-state index in [4.69, 9.17) is 16.3 Å². The molecule has 0 radical (unpaired) electrons. The Labute approximate surface area is 145 Å². The predicted octanol–water partition coefficient (Wildman–Crippen LogP) is 2.72. The topological polar surface area (TPSA) is 72.9 Å². The zero-order chi connectivity index (χ0) is 17.7. The molecule has 2 aromatic carbocycles. The summed E-state index contributed by atoms with van der Waals surface area (Å²) in [6, 6.07) is 12.2. The molecule has 0 spiro atoms. The van der Waals surface area contributed by atoms with Gasteiger partial charge in [-0.1, -0.05) is 23.7 Å². The first kappa shape index (κ1) is 18.1. The van der Waals surface area contributed by atoms with Crippen LogP contribution in [0, 0.1) is 0 Å². The van der Waals surface area contributed by atoms with Gasteiger partial charge in [0, 0.05) is 0 Å². The minimum Gasteiger partial charge on any atom is -0.497 e. The third kappa shape index (κ3) is 3.80. The van der Waals surface area contributed by atoms with Crippen molar-refractivity contribution in [3.8, 4) is 5.75 Å². The minimum absolute atomic E-state index is 0.00660. The number of nitrogens with zero attached hydrogens (tertiary/aromatic N) is 1. The van der Waals surface area contributed by atoms with Crippen LogP contribution in [0.15, 0.2) is 53.4 Å². The summed E-state index contributed by atoms with van der Waals surface area (Å²) >= 11 is 6.11. The number of benzene rings is 2. The molecule has 0 aliphatic carbocycles. The SMILES string of the molecule is COC(=O)CN(c1ccccc1Cl)S(=O)(=O)c1ccc(OC)cc1. The highest BCUT2D eigenvalue weighted by atomic mass is 35.5. The Morgan fingerprint density at radius 2 is 1.71 bits per heavy atom. The fraction of sp³-hybridized carbons (Fsp3) is 0.188. The maximum Gasteiger partial charge on any atom is 0.326 e. The third-order valence-electron chi connectivity index (χ3n) is 3.27. The summed E-state index contributed by atoms with van der Waals surface area (Å²) in [5.74, 6) is -0.182. The number of carbonyl (C=O) groups excluding carboxylic acids is 1. The third-order valence-corrected chi connectivity index (χ3v) is 5.36. The van der Waals surface area contributed by atoms with E-state index in [1.807, 2.05) is 0 Å². The molecule has 0 saturated carbocycles. The normalized spacial score (nSPS) is 11.0. The maximum atomic E-state index is 13.0. The molecule has 2 rings (SSSR count). The van der Waals surface area contributed by atoms with E-state index in [0.29, 0.717) is 5.75 Å². The Morgan fingerprint density at radius 3 is 2.25 bits per heavy atom. The van der Waals surface area contributed by atoms with Gasteiger partial charge in [-0.15, -0.1) is 0 Å². The second-order valence-electron chi connectivity index (χ2n) is 4.71. The van der Waals surface area contributed by atoms with Crippen LogP contribution in [-0.4, -0.2) is 35.2 Å². The molecule has 0 bridgehead atoms. The summed E-state index contributed by atoms with van der Waals surface area (Å²) < 4.78 is 36.5.